The number of aliphatic hydroxyl groups excluding tert-OH is 8. The topological polar surface area (TPSA) is 317 Å². The highest BCUT2D eigenvalue weighted by Gasteiger charge is 2.51. The van der Waals surface area contributed by atoms with Crippen LogP contribution in [0.4, 0.5) is 0 Å². The van der Waals surface area contributed by atoms with Crippen LogP contribution in [0, 0.1) is 0 Å². The molecule has 0 spiro atoms. The second-order valence-electron chi connectivity index (χ2n) is 13.3. The van der Waals surface area contributed by atoms with Gasteiger partial charge in [0.25, 0.3) is 0 Å². The molecule has 15 atom stereocenters. The first-order chi connectivity index (χ1) is 25.5. The van der Waals surface area contributed by atoms with Crippen LogP contribution in [0.25, 0.3) is 22.3 Å². The SMILES string of the molecule is COc1cc(O)c2c(=O)c(O[C@@H]3O[C@@H](CO[C@@H]4O[C@@H](C)[C@H](O)[C@H](O)[C@H]4O[C@@H]4O[C@@H](C)[C@H](O)[C@H](O)[C@@H]4O)[C@H](O)[C@H](O)[C@@H]3O)c(-c3ccc(O)c(O)c3)oc2c1. The van der Waals surface area contributed by atoms with Gasteiger partial charge in [0, 0.05) is 17.7 Å². The van der Waals surface area contributed by atoms with Crippen LogP contribution in [0.5, 0.6) is 28.7 Å². The fourth-order valence-electron chi connectivity index (χ4n) is 6.36. The Kier molecular flexibility index (Phi) is 11.6. The predicted octanol–water partition coefficient (Wildman–Crippen LogP) is -2.53. The predicted molar refractivity (Wildman–Crippen MR) is 176 cm³/mol. The molecule has 0 unspecified atom stereocenters. The van der Waals surface area contributed by atoms with Crippen LogP contribution in [-0.2, 0) is 23.7 Å². The molecule has 0 aliphatic carbocycles. The number of aromatic hydroxyl groups is 3. The number of phenols is 3. The third-order valence-corrected chi connectivity index (χ3v) is 9.59. The molecule has 11 N–H and O–H groups in total. The molecule has 4 heterocycles. The molecule has 3 aliphatic rings. The van der Waals surface area contributed by atoms with Crippen molar-refractivity contribution >= 4 is 11.0 Å². The average molecular weight is 771 g/mol. The number of fused-ring (bicyclic) bond motifs is 1. The first-order valence-electron chi connectivity index (χ1n) is 16.8. The molecule has 0 bridgehead atoms. The van der Waals surface area contributed by atoms with Gasteiger partial charge in [0.1, 0.15) is 83.5 Å². The van der Waals surface area contributed by atoms with Crippen molar-refractivity contribution in [2.45, 2.75) is 106 Å². The van der Waals surface area contributed by atoms with Crippen LogP contribution in [0.2, 0.25) is 0 Å². The minimum absolute atomic E-state index is 0.0220. The van der Waals surface area contributed by atoms with Crippen molar-refractivity contribution < 1.29 is 93.7 Å². The molecular weight excluding hydrogens is 728 g/mol. The van der Waals surface area contributed by atoms with Crippen molar-refractivity contribution in [1.29, 1.82) is 0 Å². The van der Waals surface area contributed by atoms with Crippen LogP contribution in [-0.4, -0.2) is 162 Å². The molecule has 0 saturated carbocycles. The molecule has 3 aliphatic heterocycles. The Balaban J connectivity index is 1.28. The van der Waals surface area contributed by atoms with Gasteiger partial charge in [-0.25, -0.2) is 0 Å². The van der Waals surface area contributed by atoms with E-state index in [-0.39, 0.29) is 28.0 Å². The van der Waals surface area contributed by atoms with E-state index >= 15 is 0 Å². The van der Waals surface area contributed by atoms with Crippen LogP contribution < -0.4 is 14.9 Å². The number of hydrogen-bond donors (Lipinski definition) is 11. The second kappa shape index (κ2) is 15.7. The lowest BCUT2D eigenvalue weighted by Crippen LogP contribution is -2.64. The van der Waals surface area contributed by atoms with Gasteiger partial charge in [0.2, 0.25) is 17.5 Å². The summed E-state index contributed by atoms with van der Waals surface area (Å²) in [5.74, 6) is -2.65. The van der Waals surface area contributed by atoms with Crippen LogP contribution in [0.1, 0.15) is 13.8 Å². The molecule has 3 aromatic rings. The fourth-order valence-corrected chi connectivity index (χ4v) is 6.36. The second-order valence-corrected chi connectivity index (χ2v) is 13.3. The maximum Gasteiger partial charge on any atom is 0.239 e. The monoisotopic (exact) mass is 770 g/mol. The van der Waals surface area contributed by atoms with E-state index in [0.29, 0.717) is 0 Å². The van der Waals surface area contributed by atoms with E-state index in [9.17, 15) is 61.0 Å². The van der Waals surface area contributed by atoms with Crippen LogP contribution in [0.3, 0.4) is 0 Å². The van der Waals surface area contributed by atoms with Crippen molar-refractivity contribution in [3.8, 4) is 40.1 Å². The molecule has 54 heavy (non-hydrogen) atoms. The normalized spacial score (nSPS) is 37.3. The number of phenolic OH excluding ortho intramolecular Hbond substituents is 3. The van der Waals surface area contributed by atoms with Crippen molar-refractivity contribution in [2.24, 2.45) is 0 Å². The smallest absolute Gasteiger partial charge is 0.239 e. The van der Waals surface area contributed by atoms with E-state index < -0.39 is 127 Å². The van der Waals surface area contributed by atoms with E-state index in [1.54, 1.807) is 0 Å². The summed E-state index contributed by atoms with van der Waals surface area (Å²) in [7, 11) is 1.31. The Morgan fingerprint density at radius 3 is 1.96 bits per heavy atom. The van der Waals surface area contributed by atoms with Crippen LogP contribution >= 0.6 is 0 Å². The zero-order chi connectivity index (χ0) is 39.3. The van der Waals surface area contributed by atoms with E-state index in [1.165, 1.54) is 33.1 Å². The lowest BCUT2D eigenvalue weighted by atomic mass is 9.97. The van der Waals surface area contributed by atoms with Crippen molar-refractivity contribution in [3.05, 3.63) is 40.6 Å². The summed E-state index contributed by atoms with van der Waals surface area (Å²) in [6.45, 7) is 2.11. The number of methoxy groups -OCH3 is 1. The zero-order valence-electron chi connectivity index (χ0n) is 28.8. The number of ether oxygens (including phenoxy) is 7. The molecule has 1 aromatic heterocycles. The van der Waals surface area contributed by atoms with Gasteiger partial charge >= 0.3 is 0 Å². The molecule has 0 amide bonds. The number of hydrogen-bond acceptors (Lipinski definition) is 20. The van der Waals surface area contributed by atoms with Crippen molar-refractivity contribution in [3.63, 3.8) is 0 Å². The maximum atomic E-state index is 13.9. The zero-order valence-corrected chi connectivity index (χ0v) is 28.8. The first-order valence-corrected chi connectivity index (χ1v) is 16.8. The molecule has 6 rings (SSSR count). The molecule has 2 aromatic carbocycles. The minimum atomic E-state index is -2.02. The first kappa shape index (κ1) is 39.8. The minimum Gasteiger partial charge on any atom is -0.507 e. The molecule has 3 saturated heterocycles. The average Bonchev–Trinajstić information content (AvgIpc) is 3.14. The maximum absolute atomic E-state index is 13.9. The van der Waals surface area contributed by atoms with Gasteiger partial charge in [0.15, 0.2) is 29.8 Å². The number of aliphatic hydroxyl groups is 8. The lowest BCUT2D eigenvalue weighted by Gasteiger charge is -2.46. The summed E-state index contributed by atoms with van der Waals surface area (Å²) < 4.78 is 45.3. The van der Waals surface area contributed by atoms with Crippen molar-refractivity contribution in [2.75, 3.05) is 13.7 Å². The summed E-state index contributed by atoms with van der Waals surface area (Å²) in [6, 6.07) is 5.81. The molecule has 20 nitrogen and oxygen atoms in total. The molecular formula is C34H42O20. The Morgan fingerprint density at radius 2 is 1.30 bits per heavy atom. The van der Waals surface area contributed by atoms with Gasteiger partial charge in [-0.05, 0) is 32.0 Å². The van der Waals surface area contributed by atoms with Crippen LogP contribution in [0.15, 0.2) is 39.5 Å². The summed E-state index contributed by atoms with van der Waals surface area (Å²) in [6.07, 6.45) is -24.6. The highest BCUT2D eigenvalue weighted by atomic mass is 16.8. The third kappa shape index (κ3) is 7.41. The highest BCUT2D eigenvalue weighted by molar-refractivity contribution is 5.88. The molecule has 298 valence electrons. The van der Waals surface area contributed by atoms with Gasteiger partial charge in [0.05, 0.1) is 25.9 Å². The van der Waals surface area contributed by atoms with E-state index in [4.69, 9.17) is 37.6 Å². The largest absolute Gasteiger partial charge is 0.507 e. The Hall–Kier alpha value is -3.87. The summed E-state index contributed by atoms with van der Waals surface area (Å²) in [5, 5.41) is 115. The quantitative estimate of drug-likeness (QED) is 0.0999. The fraction of sp³-hybridized carbons (Fsp3) is 0.559. The van der Waals surface area contributed by atoms with Gasteiger partial charge in [-0.3, -0.25) is 4.79 Å². The van der Waals surface area contributed by atoms with E-state index in [1.807, 2.05) is 0 Å². The molecule has 3 fully saturated rings. The highest BCUT2D eigenvalue weighted by Crippen LogP contribution is 2.40. The number of benzene rings is 2. The lowest BCUT2D eigenvalue weighted by molar-refractivity contribution is -0.367. The van der Waals surface area contributed by atoms with Gasteiger partial charge < -0.3 is 93.7 Å². The summed E-state index contributed by atoms with van der Waals surface area (Å²) in [5.41, 5.74) is -1.21. The number of rotatable bonds is 9. The molecule has 20 heteroatoms. The van der Waals surface area contributed by atoms with Gasteiger partial charge in [-0.15, -0.1) is 0 Å². The Labute approximate surface area is 305 Å². The molecule has 0 radical (unpaired) electrons. The van der Waals surface area contributed by atoms with E-state index in [0.717, 1.165) is 18.2 Å². The third-order valence-electron chi connectivity index (χ3n) is 9.59. The Bertz CT molecular complexity index is 1850. The van der Waals surface area contributed by atoms with Gasteiger partial charge in [-0.1, -0.05) is 0 Å². The summed E-state index contributed by atoms with van der Waals surface area (Å²) in [4.78, 5) is 13.9. The van der Waals surface area contributed by atoms with E-state index in [2.05, 4.69) is 0 Å². The van der Waals surface area contributed by atoms with Crippen molar-refractivity contribution in [1.82, 2.24) is 0 Å². The summed E-state index contributed by atoms with van der Waals surface area (Å²) >= 11 is 0. The van der Waals surface area contributed by atoms with Gasteiger partial charge in [-0.2, -0.15) is 0 Å². The standard InChI is InChI=1S/C34H42O20/c1-10-20(38)24(42)27(45)32(49-10)54-31-26(44)21(39)11(2)50-34(31)48-9-18-22(40)25(43)28(46)33(52-18)53-30-23(41)19-16(37)7-13(47-3)8-17(19)51-29(30)12-4-5-14(35)15(36)6-12/h4-8,10-11,18,20-22,24-28,31-40,42-46H,9H2,1-3H3/t10-,11-,18-,20-,21-,22-,24-,25-,26-,27-,28-,31+,32-,33-,34+/m0/s1. The Morgan fingerprint density at radius 1 is 0.667 bits per heavy atom.